The van der Waals surface area contributed by atoms with E-state index in [0.717, 1.165) is 38.3 Å². The van der Waals surface area contributed by atoms with E-state index in [9.17, 15) is 13.2 Å². The minimum absolute atomic E-state index is 0.378. The van der Waals surface area contributed by atoms with Crippen molar-refractivity contribution in [3.05, 3.63) is 23.9 Å². The maximum Gasteiger partial charge on any atom is 0.417 e. The van der Waals surface area contributed by atoms with Crippen molar-refractivity contribution in [1.29, 1.82) is 0 Å². The first-order chi connectivity index (χ1) is 8.50. The molecule has 18 heavy (non-hydrogen) atoms. The van der Waals surface area contributed by atoms with Crippen LogP contribution in [0.3, 0.4) is 0 Å². The van der Waals surface area contributed by atoms with Gasteiger partial charge in [0.25, 0.3) is 0 Å². The molecule has 2 heterocycles. The highest BCUT2D eigenvalue weighted by molar-refractivity contribution is 5.40. The monoisotopic (exact) mass is 259 g/mol. The summed E-state index contributed by atoms with van der Waals surface area (Å²) in [6, 6.07) is 2.91. The van der Waals surface area contributed by atoms with Crippen molar-refractivity contribution >= 4 is 5.82 Å². The lowest BCUT2D eigenvalue weighted by molar-refractivity contribution is -0.137. The molecular formula is C12H16F3N3. The number of anilines is 1. The van der Waals surface area contributed by atoms with E-state index in [2.05, 4.69) is 17.2 Å². The molecule has 0 amide bonds. The fourth-order valence-electron chi connectivity index (χ4n) is 2.05. The molecule has 3 nitrogen and oxygen atoms in total. The van der Waals surface area contributed by atoms with Crippen LogP contribution >= 0.6 is 0 Å². The van der Waals surface area contributed by atoms with Crippen molar-refractivity contribution in [3.63, 3.8) is 0 Å². The van der Waals surface area contributed by atoms with Crippen molar-refractivity contribution in [2.24, 2.45) is 0 Å². The topological polar surface area (TPSA) is 28.2 Å². The highest BCUT2D eigenvalue weighted by atomic mass is 19.4. The van der Waals surface area contributed by atoms with Crippen molar-refractivity contribution in [2.45, 2.75) is 25.6 Å². The average molecular weight is 259 g/mol. The average Bonchev–Trinajstić information content (AvgIpc) is 2.38. The third kappa shape index (κ3) is 2.93. The first-order valence-corrected chi connectivity index (χ1v) is 6.02. The van der Waals surface area contributed by atoms with Crippen molar-refractivity contribution in [1.82, 2.24) is 10.3 Å². The zero-order chi connectivity index (χ0) is 13.2. The Labute approximate surface area is 104 Å². The molecule has 0 spiro atoms. The lowest BCUT2D eigenvalue weighted by atomic mass is 10.1. The summed E-state index contributed by atoms with van der Waals surface area (Å²) < 4.78 is 37.2. The van der Waals surface area contributed by atoms with Crippen LogP contribution in [0.25, 0.3) is 0 Å². The quantitative estimate of drug-likeness (QED) is 0.883. The zero-order valence-corrected chi connectivity index (χ0v) is 10.2. The van der Waals surface area contributed by atoms with Gasteiger partial charge in [0.1, 0.15) is 5.82 Å². The predicted octanol–water partition coefficient (Wildman–Crippen LogP) is 2.29. The third-order valence-corrected chi connectivity index (χ3v) is 3.15. The van der Waals surface area contributed by atoms with Crippen molar-refractivity contribution in [3.8, 4) is 0 Å². The normalized spacial score (nSPS) is 21.1. The Morgan fingerprint density at radius 2 is 2.22 bits per heavy atom. The van der Waals surface area contributed by atoms with E-state index in [0.29, 0.717) is 11.9 Å². The van der Waals surface area contributed by atoms with Gasteiger partial charge in [0.2, 0.25) is 0 Å². The van der Waals surface area contributed by atoms with Gasteiger partial charge in [-0.3, -0.25) is 0 Å². The molecule has 100 valence electrons. The predicted molar refractivity (Wildman–Crippen MR) is 63.5 cm³/mol. The minimum Gasteiger partial charge on any atom is -0.354 e. The van der Waals surface area contributed by atoms with Gasteiger partial charge in [-0.05, 0) is 18.6 Å². The number of nitrogens with one attached hydrogen (secondary N) is 1. The maximum absolute atomic E-state index is 12.4. The van der Waals surface area contributed by atoms with E-state index in [4.69, 9.17) is 0 Å². The molecule has 1 aromatic heterocycles. The summed E-state index contributed by atoms with van der Waals surface area (Å²) in [6.45, 7) is 4.48. The molecule has 0 aromatic carbocycles. The summed E-state index contributed by atoms with van der Waals surface area (Å²) in [7, 11) is 0. The SMILES string of the molecule is CCC1CN(c2ccc(C(F)(F)F)cn2)CCN1. The molecule has 1 fully saturated rings. The highest BCUT2D eigenvalue weighted by Crippen LogP contribution is 2.29. The van der Waals surface area contributed by atoms with E-state index in [1.807, 2.05) is 4.90 Å². The molecule has 1 atom stereocenters. The fourth-order valence-corrected chi connectivity index (χ4v) is 2.05. The van der Waals surface area contributed by atoms with Gasteiger partial charge < -0.3 is 10.2 Å². The molecule has 6 heteroatoms. The Hall–Kier alpha value is -1.30. The van der Waals surface area contributed by atoms with Gasteiger partial charge in [-0.1, -0.05) is 6.92 Å². The number of halogens is 3. The second kappa shape index (κ2) is 5.14. The minimum atomic E-state index is -4.32. The molecule has 1 aromatic rings. The van der Waals surface area contributed by atoms with E-state index >= 15 is 0 Å². The summed E-state index contributed by atoms with van der Waals surface area (Å²) in [4.78, 5) is 5.93. The molecule has 2 rings (SSSR count). The first-order valence-electron chi connectivity index (χ1n) is 6.02. The molecule has 1 N–H and O–H groups in total. The largest absolute Gasteiger partial charge is 0.417 e. The lowest BCUT2D eigenvalue weighted by Crippen LogP contribution is -2.50. The standard InChI is InChI=1S/C12H16F3N3/c1-2-10-8-18(6-5-16-10)11-4-3-9(7-17-11)12(13,14)15/h3-4,7,10,16H,2,5-6,8H2,1H3. The number of pyridine rings is 1. The summed E-state index contributed by atoms with van der Waals surface area (Å²) in [5, 5.41) is 3.35. The molecule has 1 saturated heterocycles. The third-order valence-electron chi connectivity index (χ3n) is 3.15. The Balaban J connectivity index is 2.09. The molecule has 0 radical (unpaired) electrons. The molecule has 0 aliphatic carbocycles. The maximum atomic E-state index is 12.4. The molecule has 1 aliphatic rings. The summed E-state index contributed by atoms with van der Waals surface area (Å²) in [6.07, 6.45) is -2.42. The van der Waals surface area contributed by atoms with Gasteiger partial charge in [-0.15, -0.1) is 0 Å². The van der Waals surface area contributed by atoms with Crippen LogP contribution in [-0.4, -0.2) is 30.7 Å². The van der Waals surface area contributed by atoms with Crippen LogP contribution in [0.1, 0.15) is 18.9 Å². The Morgan fingerprint density at radius 3 is 2.78 bits per heavy atom. The zero-order valence-electron chi connectivity index (χ0n) is 10.2. The Bertz CT molecular complexity index is 389. The first kappa shape index (κ1) is 13.1. The summed E-state index contributed by atoms with van der Waals surface area (Å²) in [5.41, 5.74) is -0.701. The number of piperazine rings is 1. The van der Waals surface area contributed by atoms with E-state index in [1.165, 1.54) is 6.07 Å². The lowest BCUT2D eigenvalue weighted by Gasteiger charge is -2.34. The van der Waals surface area contributed by atoms with Gasteiger partial charge in [0.05, 0.1) is 5.56 Å². The number of alkyl halides is 3. The molecule has 0 saturated carbocycles. The van der Waals surface area contributed by atoms with E-state index in [-0.39, 0.29) is 0 Å². The second-order valence-corrected chi connectivity index (χ2v) is 4.41. The summed E-state index contributed by atoms with van der Waals surface area (Å²) >= 11 is 0. The van der Waals surface area contributed by atoms with Gasteiger partial charge >= 0.3 is 6.18 Å². The highest BCUT2D eigenvalue weighted by Gasteiger charge is 2.31. The fraction of sp³-hybridized carbons (Fsp3) is 0.583. The summed E-state index contributed by atoms with van der Waals surface area (Å²) in [5.74, 6) is 0.614. The molecule has 1 aliphatic heterocycles. The smallest absolute Gasteiger partial charge is 0.354 e. The molecule has 1 unspecified atom stereocenters. The number of nitrogens with zero attached hydrogens (tertiary/aromatic N) is 2. The van der Waals surface area contributed by atoms with Crippen LogP contribution in [0.15, 0.2) is 18.3 Å². The van der Waals surface area contributed by atoms with Crippen LogP contribution < -0.4 is 10.2 Å². The number of aromatic nitrogens is 1. The van der Waals surface area contributed by atoms with Gasteiger partial charge in [0.15, 0.2) is 0 Å². The Kier molecular flexibility index (Phi) is 3.75. The van der Waals surface area contributed by atoms with Crippen LogP contribution in [0.5, 0.6) is 0 Å². The van der Waals surface area contributed by atoms with E-state index in [1.54, 1.807) is 0 Å². The van der Waals surface area contributed by atoms with E-state index < -0.39 is 11.7 Å². The van der Waals surface area contributed by atoms with Crippen molar-refractivity contribution < 1.29 is 13.2 Å². The van der Waals surface area contributed by atoms with Crippen LogP contribution in [-0.2, 0) is 6.18 Å². The van der Waals surface area contributed by atoms with Crippen LogP contribution in [0, 0.1) is 0 Å². The number of hydrogen-bond donors (Lipinski definition) is 1. The number of rotatable bonds is 2. The van der Waals surface area contributed by atoms with Gasteiger partial charge in [0, 0.05) is 31.9 Å². The molecular weight excluding hydrogens is 243 g/mol. The Morgan fingerprint density at radius 1 is 1.44 bits per heavy atom. The van der Waals surface area contributed by atoms with Gasteiger partial charge in [-0.25, -0.2) is 4.98 Å². The van der Waals surface area contributed by atoms with Crippen LogP contribution in [0.2, 0.25) is 0 Å². The number of hydrogen-bond acceptors (Lipinski definition) is 3. The van der Waals surface area contributed by atoms with Crippen molar-refractivity contribution in [2.75, 3.05) is 24.5 Å². The second-order valence-electron chi connectivity index (χ2n) is 4.41. The molecule has 0 bridgehead atoms. The van der Waals surface area contributed by atoms with Crippen LogP contribution in [0.4, 0.5) is 19.0 Å². The van der Waals surface area contributed by atoms with Gasteiger partial charge in [-0.2, -0.15) is 13.2 Å².